The summed E-state index contributed by atoms with van der Waals surface area (Å²) < 4.78 is 21.4. The molecule has 12 heteroatoms. The summed E-state index contributed by atoms with van der Waals surface area (Å²) in [6, 6.07) is 16.5. The van der Waals surface area contributed by atoms with Gasteiger partial charge in [0.2, 0.25) is 5.91 Å². The highest BCUT2D eigenvalue weighted by Crippen LogP contribution is 2.31. The number of ether oxygens (including phenoxy) is 4. The molecule has 2 amide bonds. The Kier molecular flexibility index (Phi) is 10.5. The Balaban J connectivity index is 1.19. The van der Waals surface area contributed by atoms with Gasteiger partial charge in [0.25, 0.3) is 5.91 Å². The van der Waals surface area contributed by atoms with Crippen molar-refractivity contribution in [3.63, 3.8) is 0 Å². The van der Waals surface area contributed by atoms with Crippen LogP contribution in [0.5, 0.6) is 17.2 Å². The zero-order valence-electron chi connectivity index (χ0n) is 25.6. The number of anilines is 1. The maximum Gasteiger partial charge on any atom is 0.254 e. The lowest BCUT2D eigenvalue weighted by molar-refractivity contribution is -0.132. The molecule has 0 unspecified atom stereocenters. The van der Waals surface area contributed by atoms with Crippen LogP contribution in [0.25, 0.3) is 11.3 Å². The molecule has 0 saturated carbocycles. The Morgan fingerprint density at radius 3 is 2.18 bits per heavy atom. The topological polar surface area (TPSA) is 110 Å². The first-order valence-electron chi connectivity index (χ1n) is 14.8. The van der Waals surface area contributed by atoms with Crippen molar-refractivity contribution in [1.82, 2.24) is 24.9 Å². The van der Waals surface area contributed by atoms with Gasteiger partial charge in [0.15, 0.2) is 17.3 Å². The van der Waals surface area contributed by atoms with E-state index in [1.165, 1.54) is 0 Å². The zero-order valence-corrected chi connectivity index (χ0v) is 25.6. The van der Waals surface area contributed by atoms with Crippen LogP contribution in [0, 0.1) is 0 Å². The number of amides is 2. The van der Waals surface area contributed by atoms with E-state index in [1.807, 2.05) is 35.2 Å². The quantitative estimate of drug-likeness (QED) is 0.323. The fourth-order valence-electron chi connectivity index (χ4n) is 5.35. The van der Waals surface area contributed by atoms with E-state index in [4.69, 9.17) is 18.9 Å². The highest BCUT2D eigenvalue weighted by atomic mass is 16.5. The average molecular weight is 605 g/mol. The minimum atomic E-state index is -0.169. The molecule has 3 heterocycles. The summed E-state index contributed by atoms with van der Waals surface area (Å²) in [4.78, 5) is 34.8. The van der Waals surface area contributed by atoms with E-state index in [9.17, 15) is 9.59 Å². The van der Waals surface area contributed by atoms with Crippen LogP contribution in [-0.4, -0.2) is 130 Å². The van der Waals surface area contributed by atoms with Gasteiger partial charge in [-0.25, -0.2) is 0 Å². The largest absolute Gasteiger partial charge is 0.497 e. The molecule has 0 aliphatic carbocycles. The molecule has 2 aliphatic heterocycles. The van der Waals surface area contributed by atoms with E-state index < -0.39 is 0 Å². The number of carbonyl (C=O) groups excluding carboxylic acids is 2. The van der Waals surface area contributed by atoms with E-state index in [0.717, 1.165) is 30.2 Å². The molecular weight excluding hydrogens is 564 g/mol. The average Bonchev–Trinajstić information content (AvgIpc) is 3.10. The number of rotatable bonds is 11. The predicted molar refractivity (Wildman–Crippen MR) is 166 cm³/mol. The number of morpholine rings is 1. The predicted octanol–water partition coefficient (Wildman–Crippen LogP) is 2.29. The molecule has 234 valence electrons. The van der Waals surface area contributed by atoms with Gasteiger partial charge in [-0.1, -0.05) is 0 Å². The molecule has 0 bridgehead atoms. The van der Waals surface area contributed by atoms with Crippen molar-refractivity contribution in [2.75, 3.05) is 98.3 Å². The first kappa shape index (κ1) is 31.0. The number of hydrogen-bond acceptors (Lipinski definition) is 10. The molecule has 0 atom stereocenters. The molecule has 2 aliphatic rings. The van der Waals surface area contributed by atoms with Gasteiger partial charge in [0.05, 0.1) is 40.2 Å². The standard InChI is InChI=1S/C32H40N6O6/c1-41-26-7-4-24(5-8-26)32(40)38(13-12-35-18-20-44-21-19-35)23-31(39)37-16-14-36(15-17-37)30-11-9-27(33-34-30)25-6-10-28(42-2)29(22-25)43-3/h4-11,22H,12-21,23H2,1-3H3. The highest BCUT2D eigenvalue weighted by molar-refractivity contribution is 5.96. The van der Waals surface area contributed by atoms with Crippen molar-refractivity contribution in [3.8, 4) is 28.5 Å². The maximum absolute atomic E-state index is 13.5. The van der Waals surface area contributed by atoms with Gasteiger partial charge in [-0.2, -0.15) is 0 Å². The number of benzene rings is 2. The van der Waals surface area contributed by atoms with E-state index in [0.29, 0.717) is 75.3 Å². The number of piperazine rings is 1. The Hall–Kier alpha value is -4.42. The molecule has 5 rings (SSSR count). The van der Waals surface area contributed by atoms with Crippen molar-refractivity contribution in [2.24, 2.45) is 0 Å². The smallest absolute Gasteiger partial charge is 0.254 e. The van der Waals surface area contributed by atoms with Gasteiger partial charge >= 0.3 is 0 Å². The zero-order chi connectivity index (χ0) is 30.9. The van der Waals surface area contributed by atoms with Crippen molar-refractivity contribution in [3.05, 3.63) is 60.2 Å². The summed E-state index contributed by atoms with van der Waals surface area (Å²) in [7, 11) is 4.79. The molecule has 2 saturated heterocycles. The minimum Gasteiger partial charge on any atom is -0.497 e. The van der Waals surface area contributed by atoms with Crippen LogP contribution in [0.3, 0.4) is 0 Å². The van der Waals surface area contributed by atoms with Crippen molar-refractivity contribution < 1.29 is 28.5 Å². The second-order valence-electron chi connectivity index (χ2n) is 10.6. The van der Waals surface area contributed by atoms with Gasteiger partial charge in [0.1, 0.15) is 12.3 Å². The third kappa shape index (κ3) is 7.56. The Morgan fingerprint density at radius 1 is 0.818 bits per heavy atom. The summed E-state index contributed by atoms with van der Waals surface area (Å²) >= 11 is 0. The number of carbonyl (C=O) groups is 2. The number of aromatic nitrogens is 2. The third-order valence-corrected chi connectivity index (χ3v) is 8.03. The summed E-state index contributed by atoms with van der Waals surface area (Å²) in [6.45, 7) is 6.47. The van der Waals surface area contributed by atoms with E-state index >= 15 is 0 Å². The molecule has 0 radical (unpaired) electrons. The highest BCUT2D eigenvalue weighted by Gasteiger charge is 2.27. The second-order valence-corrected chi connectivity index (χ2v) is 10.6. The van der Waals surface area contributed by atoms with Gasteiger partial charge in [-0.3, -0.25) is 14.5 Å². The lowest BCUT2D eigenvalue weighted by Gasteiger charge is -2.36. The van der Waals surface area contributed by atoms with Gasteiger partial charge < -0.3 is 33.6 Å². The number of hydrogen-bond donors (Lipinski definition) is 0. The summed E-state index contributed by atoms with van der Waals surface area (Å²) in [5.41, 5.74) is 2.13. The van der Waals surface area contributed by atoms with Crippen LogP contribution in [0.1, 0.15) is 10.4 Å². The van der Waals surface area contributed by atoms with Crippen LogP contribution in [0.4, 0.5) is 5.82 Å². The minimum absolute atomic E-state index is 0.0228. The molecule has 0 N–H and O–H groups in total. The Labute approximate surface area is 258 Å². The van der Waals surface area contributed by atoms with Gasteiger partial charge in [0, 0.05) is 63.5 Å². The Bertz CT molecular complexity index is 1390. The van der Waals surface area contributed by atoms with Crippen molar-refractivity contribution >= 4 is 17.6 Å². The number of methoxy groups -OCH3 is 3. The van der Waals surface area contributed by atoms with E-state index in [2.05, 4.69) is 20.0 Å². The van der Waals surface area contributed by atoms with Crippen LogP contribution in [0.15, 0.2) is 54.6 Å². The lowest BCUT2D eigenvalue weighted by Crippen LogP contribution is -2.53. The summed E-state index contributed by atoms with van der Waals surface area (Å²) in [5, 5.41) is 8.89. The molecule has 12 nitrogen and oxygen atoms in total. The molecule has 3 aromatic rings. The van der Waals surface area contributed by atoms with E-state index in [1.54, 1.807) is 50.5 Å². The lowest BCUT2D eigenvalue weighted by atomic mass is 10.1. The maximum atomic E-state index is 13.5. The SMILES string of the molecule is COc1ccc(C(=O)N(CCN2CCOCC2)CC(=O)N2CCN(c3ccc(-c4ccc(OC)c(OC)c4)nn3)CC2)cc1. The van der Waals surface area contributed by atoms with Crippen LogP contribution < -0.4 is 19.1 Å². The first-order valence-corrected chi connectivity index (χ1v) is 14.8. The second kappa shape index (κ2) is 14.8. The number of nitrogens with zero attached hydrogens (tertiary/aromatic N) is 6. The molecule has 2 aromatic carbocycles. The van der Waals surface area contributed by atoms with Crippen LogP contribution in [0.2, 0.25) is 0 Å². The molecule has 44 heavy (non-hydrogen) atoms. The van der Waals surface area contributed by atoms with Crippen molar-refractivity contribution in [1.29, 1.82) is 0 Å². The normalized spacial score (nSPS) is 15.5. The van der Waals surface area contributed by atoms with Crippen molar-refractivity contribution in [2.45, 2.75) is 0 Å². The van der Waals surface area contributed by atoms with Crippen LogP contribution >= 0.6 is 0 Å². The molecule has 2 fully saturated rings. The fourth-order valence-corrected chi connectivity index (χ4v) is 5.35. The summed E-state index contributed by atoms with van der Waals surface area (Å²) in [5.74, 6) is 2.47. The van der Waals surface area contributed by atoms with E-state index in [-0.39, 0.29) is 18.4 Å². The van der Waals surface area contributed by atoms with Crippen LogP contribution in [-0.2, 0) is 9.53 Å². The first-order chi connectivity index (χ1) is 21.5. The molecule has 1 aromatic heterocycles. The molecular formula is C32H40N6O6. The monoisotopic (exact) mass is 604 g/mol. The summed E-state index contributed by atoms with van der Waals surface area (Å²) in [6.07, 6.45) is 0. The Morgan fingerprint density at radius 2 is 1.55 bits per heavy atom. The van der Waals surface area contributed by atoms with Gasteiger partial charge in [-0.05, 0) is 54.6 Å². The molecule has 0 spiro atoms. The van der Waals surface area contributed by atoms with Gasteiger partial charge in [-0.15, -0.1) is 10.2 Å². The fraction of sp³-hybridized carbons (Fsp3) is 0.438. The third-order valence-electron chi connectivity index (χ3n) is 8.03.